The van der Waals surface area contributed by atoms with Crippen molar-refractivity contribution in [2.45, 2.75) is 32.7 Å². The summed E-state index contributed by atoms with van der Waals surface area (Å²) >= 11 is 0. The highest BCUT2D eigenvalue weighted by Gasteiger charge is 2.23. The first kappa shape index (κ1) is 14.2. The highest BCUT2D eigenvalue weighted by Crippen LogP contribution is 2.15. The summed E-state index contributed by atoms with van der Waals surface area (Å²) < 4.78 is 0. The standard InChI is InChI=1S/C13H17N7O2/c1-7-15-9-6-20(5-4-8(9)12(22)16-7)11(21)3-2-10-17-13(14)19-18-10/h2-6H2,1H3,(H,15,16,22)(H3,14,17,18,19). The van der Waals surface area contributed by atoms with Gasteiger partial charge in [-0.25, -0.2) is 4.98 Å². The quantitative estimate of drug-likeness (QED) is 0.686. The van der Waals surface area contributed by atoms with Crippen LogP contribution in [0.15, 0.2) is 4.79 Å². The van der Waals surface area contributed by atoms with E-state index in [-0.39, 0.29) is 17.4 Å². The molecule has 0 atom stereocenters. The van der Waals surface area contributed by atoms with Gasteiger partial charge in [0.2, 0.25) is 11.9 Å². The Morgan fingerprint density at radius 1 is 1.41 bits per heavy atom. The molecule has 22 heavy (non-hydrogen) atoms. The number of H-pyrrole nitrogens is 2. The van der Waals surface area contributed by atoms with Crippen LogP contribution in [0.3, 0.4) is 0 Å². The van der Waals surface area contributed by atoms with Gasteiger partial charge in [-0.05, 0) is 13.3 Å². The molecule has 0 unspecified atom stereocenters. The molecule has 0 radical (unpaired) electrons. The Hall–Kier alpha value is -2.71. The number of nitrogens with one attached hydrogen (secondary N) is 2. The van der Waals surface area contributed by atoms with Crippen LogP contribution < -0.4 is 11.3 Å². The second-order valence-electron chi connectivity index (χ2n) is 5.28. The maximum atomic E-state index is 12.3. The molecular weight excluding hydrogens is 286 g/mol. The molecule has 2 aromatic rings. The predicted octanol–water partition coefficient (Wildman–Crippen LogP) is -0.704. The molecule has 0 aromatic carbocycles. The predicted molar refractivity (Wildman–Crippen MR) is 77.8 cm³/mol. The number of anilines is 1. The van der Waals surface area contributed by atoms with Crippen LogP contribution in [0, 0.1) is 6.92 Å². The largest absolute Gasteiger partial charge is 0.367 e. The van der Waals surface area contributed by atoms with E-state index in [2.05, 4.69) is 25.1 Å². The lowest BCUT2D eigenvalue weighted by Crippen LogP contribution is -2.39. The number of carbonyl (C=O) groups excluding carboxylic acids is 1. The molecule has 9 nitrogen and oxygen atoms in total. The van der Waals surface area contributed by atoms with Crippen molar-refractivity contribution in [2.24, 2.45) is 0 Å². The SMILES string of the molecule is Cc1nc2c(c(=O)[nH]1)CCN(C(=O)CCc1nc(N)n[nH]1)C2. The average Bonchev–Trinajstić information content (AvgIpc) is 2.89. The van der Waals surface area contributed by atoms with E-state index in [0.717, 1.165) is 0 Å². The third-order valence-corrected chi connectivity index (χ3v) is 3.67. The minimum absolute atomic E-state index is 0.000330. The smallest absolute Gasteiger partial charge is 0.254 e. The molecule has 3 rings (SSSR count). The second-order valence-corrected chi connectivity index (χ2v) is 5.28. The van der Waals surface area contributed by atoms with Gasteiger partial charge in [-0.3, -0.25) is 14.7 Å². The number of rotatable bonds is 3. The lowest BCUT2D eigenvalue weighted by Gasteiger charge is -2.27. The van der Waals surface area contributed by atoms with Gasteiger partial charge < -0.3 is 15.6 Å². The van der Waals surface area contributed by atoms with E-state index in [1.54, 1.807) is 11.8 Å². The molecule has 1 amide bonds. The number of amides is 1. The topological polar surface area (TPSA) is 134 Å². The number of carbonyl (C=O) groups is 1. The summed E-state index contributed by atoms with van der Waals surface area (Å²) in [7, 11) is 0. The van der Waals surface area contributed by atoms with Crippen molar-refractivity contribution < 1.29 is 4.79 Å². The summed E-state index contributed by atoms with van der Waals surface area (Å²) in [6, 6.07) is 0. The van der Waals surface area contributed by atoms with Gasteiger partial charge in [-0.2, -0.15) is 4.98 Å². The van der Waals surface area contributed by atoms with Crippen LogP contribution in [0.4, 0.5) is 5.95 Å². The van der Waals surface area contributed by atoms with Gasteiger partial charge in [-0.1, -0.05) is 0 Å². The molecule has 0 fully saturated rings. The first-order chi connectivity index (χ1) is 10.5. The van der Waals surface area contributed by atoms with Gasteiger partial charge in [0.05, 0.1) is 12.2 Å². The van der Waals surface area contributed by atoms with Crippen molar-refractivity contribution in [3.8, 4) is 0 Å². The van der Waals surface area contributed by atoms with Gasteiger partial charge in [0.25, 0.3) is 5.56 Å². The first-order valence-electron chi connectivity index (χ1n) is 7.06. The normalized spacial score (nSPS) is 14.0. The van der Waals surface area contributed by atoms with Crippen LogP contribution >= 0.6 is 0 Å². The Bertz CT molecular complexity index is 764. The minimum Gasteiger partial charge on any atom is -0.367 e. The lowest BCUT2D eigenvalue weighted by atomic mass is 10.1. The molecule has 3 heterocycles. The van der Waals surface area contributed by atoms with Gasteiger partial charge in [-0.15, -0.1) is 5.10 Å². The van der Waals surface area contributed by atoms with E-state index >= 15 is 0 Å². The number of aryl methyl sites for hydroxylation is 2. The molecule has 4 N–H and O–H groups in total. The number of nitrogens with zero attached hydrogens (tertiary/aromatic N) is 4. The molecule has 116 valence electrons. The maximum absolute atomic E-state index is 12.3. The van der Waals surface area contributed by atoms with Crippen molar-refractivity contribution in [3.63, 3.8) is 0 Å². The van der Waals surface area contributed by atoms with Crippen LogP contribution in [0.2, 0.25) is 0 Å². The molecule has 9 heteroatoms. The van der Waals surface area contributed by atoms with E-state index in [4.69, 9.17) is 5.73 Å². The zero-order chi connectivity index (χ0) is 15.7. The van der Waals surface area contributed by atoms with E-state index in [0.29, 0.717) is 55.3 Å². The van der Waals surface area contributed by atoms with E-state index in [1.165, 1.54) is 0 Å². The lowest BCUT2D eigenvalue weighted by molar-refractivity contribution is -0.132. The average molecular weight is 303 g/mol. The second kappa shape index (κ2) is 5.58. The molecule has 0 bridgehead atoms. The number of nitrogen functional groups attached to an aromatic ring is 1. The van der Waals surface area contributed by atoms with Crippen LogP contribution in [0.1, 0.15) is 29.3 Å². The molecule has 1 aliphatic heterocycles. The summed E-state index contributed by atoms with van der Waals surface area (Å²) in [5, 5.41) is 6.40. The Morgan fingerprint density at radius 3 is 2.95 bits per heavy atom. The van der Waals surface area contributed by atoms with E-state index in [9.17, 15) is 9.59 Å². The molecule has 0 saturated heterocycles. The van der Waals surface area contributed by atoms with Crippen molar-refractivity contribution >= 4 is 11.9 Å². The Labute approximate surface area is 126 Å². The van der Waals surface area contributed by atoms with Crippen LogP contribution in [-0.4, -0.2) is 42.5 Å². The molecule has 1 aliphatic rings. The van der Waals surface area contributed by atoms with Crippen LogP contribution in [0.25, 0.3) is 0 Å². The molecular formula is C13H17N7O2. The van der Waals surface area contributed by atoms with Crippen molar-refractivity contribution in [2.75, 3.05) is 12.3 Å². The third kappa shape index (κ3) is 2.83. The third-order valence-electron chi connectivity index (χ3n) is 3.67. The molecule has 0 spiro atoms. The number of fused-ring (bicyclic) bond motifs is 1. The van der Waals surface area contributed by atoms with Gasteiger partial charge in [0, 0.05) is 24.9 Å². The summed E-state index contributed by atoms with van der Waals surface area (Å²) in [6.07, 6.45) is 1.29. The number of nitrogens with two attached hydrogens (primary N) is 1. The van der Waals surface area contributed by atoms with Crippen molar-refractivity contribution in [1.29, 1.82) is 0 Å². The number of aromatic nitrogens is 5. The van der Waals surface area contributed by atoms with Crippen LogP contribution in [-0.2, 0) is 24.2 Å². The first-order valence-corrected chi connectivity index (χ1v) is 7.06. The number of hydrogen-bond acceptors (Lipinski definition) is 6. The summed E-state index contributed by atoms with van der Waals surface area (Å²) in [5.41, 5.74) is 6.68. The van der Waals surface area contributed by atoms with Gasteiger partial charge in [0.1, 0.15) is 11.6 Å². The Morgan fingerprint density at radius 2 is 2.23 bits per heavy atom. The zero-order valence-electron chi connectivity index (χ0n) is 12.2. The molecule has 2 aromatic heterocycles. The van der Waals surface area contributed by atoms with Crippen molar-refractivity contribution in [3.05, 3.63) is 33.3 Å². The minimum atomic E-state index is -0.105. The Kier molecular flexibility index (Phi) is 3.61. The zero-order valence-corrected chi connectivity index (χ0v) is 12.2. The Balaban J connectivity index is 1.66. The molecule has 0 saturated carbocycles. The van der Waals surface area contributed by atoms with Gasteiger partial charge >= 0.3 is 0 Å². The van der Waals surface area contributed by atoms with Gasteiger partial charge in [0.15, 0.2) is 0 Å². The number of aromatic amines is 2. The number of hydrogen-bond donors (Lipinski definition) is 3. The highest BCUT2D eigenvalue weighted by molar-refractivity contribution is 5.76. The monoisotopic (exact) mass is 303 g/mol. The fourth-order valence-electron chi connectivity index (χ4n) is 2.58. The van der Waals surface area contributed by atoms with E-state index < -0.39 is 0 Å². The molecule has 0 aliphatic carbocycles. The fourth-order valence-corrected chi connectivity index (χ4v) is 2.58. The summed E-state index contributed by atoms with van der Waals surface area (Å²) in [4.78, 5) is 36.8. The van der Waals surface area contributed by atoms with E-state index in [1.807, 2.05) is 0 Å². The highest BCUT2D eigenvalue weighted by atomic mass is 16.2. The maximum Gasteiger partial charge on any atom is 0.254 e. The fraction of sp³-hybridized carbons (Fsp3) is 0.462. The summed E-state index contributed by atoms with van der Waals surface area (Å²) in [6.45, 7) is 2.63. The van der Waals surface area contributed by atoms with Crippen molar-refractivity contribution in [1.82, 2.24) is 30.0 Å². The van der Waals surface area contributed by atoms with Crippen LogP contribution in [0.5, 0.6) is 0 Å². The summed E-state index contributed by atoms with van der Waals surface area (Å²) in [5.74, 6) is 1.33.